The van der Waals surface area contributed by atoms with Crippen molar-refractivity contribution in [1.82, 2.24) is 15.0 Å². The van der Waals surface area contributed by atoms with Gasteiger partial charge in [-0.3, -0.25) is 4.79 Å². The van der Waals surface area contributed by atoms with E-state index in [4.69, 9.17) is 16.3 Å². The van der Waals surface area contributed by atoms with E-state index in [0.29, 0.717) is 17.6 Å². The van der Waals surface area contributed by atoms with Gasteiger partial charge in [-0.15, -0.1) is 0 Å². The Labute approximate surface area is 121 Å². The van der Waals surface area contributed by atoms with Gasteiger partial charge in [-0.1, -0.05) is 11.8 Å². The van der Waals surface area contributed by atoms with E-state index >= 15 is 0 Å². The van der Waals surface area contributed by atoms with E-state index in [2.05, 4.69) is 20.3 Å². The molecular formula is C11H17ClN4O2S. The number of aromatic nitrogens is 3. The van der Waals surface area contributed by atoms with Crippen LogP contribution in [0.25, 0.3) is 0 Å². The second-order valence-corrected chi connectivity index (χ2v) is 5.90. The maximum Gasteiger partial charge on any atom is 0.316 e. The lowest BCUT2D eigenvalue weighted by Crippen LogP contribution is -2.25. The molecule has 0 bridgehead atoms. The lowest BCUT2D eigenvalue weighted by Gasteiger charge is -2.19. The standard InChI is InChI=1S/C11H17ClN4O2S/c1-5-13-9-14-8(12)15-10(16-9)19-6-7(17)18-11(2,3)4/h5-6H2,1-4H3,(H,13,14,15,16). The summed E-state index contributed by atoms with van der Waals surface area (Å²) in [4.78, 5) is 23.5. The van der Waals surface area contributed by atoms with Crippen molar-refractivity contribution in [2.75, 3.05) is 17.6 Å². The largest absolute Gasteiger partial charge is 0.459 e. The topological polar surface area (TPSA) is 77.0 Å². The molecule has 106 valence electrons. The first-order chi connectivity index (χ1) is 8.80. The van der Waals surface area contributed by atoms with Crippen molar-refractivity contribution in [3.8, 4) is 0 Å². The van der Waals surface area contributed by atoms with Crippen molar-refractivity contribution >= 4 is 35.3 Å². The van der Waals surface area contributed by atoms with Crippen molar-refractivity contribution in [1.29, 1.82) is 0 Å². The van der Waals surface area contributed by atoms with E-state index in [1.165, 1.54) is 0 Å². The van der Waals surface area contributed by atoms with Crippen molar-refractivity contribution in [2.24, 2.45) is 0 Å². The second-order valence-electron chi connectivity index (χ2n) is 4.62. The van der Waals surface area contributed by atoms with E-state index in [1.807, 2.05) is 27.7 Å². The van der Waals surface area contributed by atoms with Crippen LogP contribution in [-0.2, 0) is 9.53 Å². The molecule has 1 N–H and O–H groups in total. The highest BCUT2D eigenvalue weighted by molar-refractivity contribution is 7.99. The molecule has 0 aliphatic carbocycles. The Morgan fingerprint density at radius 2 is 2.05 bits per heavy atom. The molecule has 0 aromatic carbocycles. The summed E-state index contributed by atoms with van der Waals surface area (Å²) in [5, 5.41) is 3.42. The van der Waals surface area contributed by atoms with Gasteiger partial charge in [-0.05, 0) is 39.3 Å². The SMILES string of the molecule is CCNc1nc(Cl)nc(SCC(=O)OC(C)(C)C)n1. The van der Waals surface area contributed by atoms with Gasteiger partial charge < -0.3 is 10.1 Å². The third-order valence-corrected chi connectivity index (χ3v) is 2.65. The Hall–Kier alpha value is -1.08. The summed E-state index contributed by atoms with van der Waals surface area (Å²) in [6, 6.07) is 0. The monoisotopic (exact) mass is 304 g/mol. The smallest absolute Gasteiger partial charge is 0.316 e. The summed E-state index contributed by atoms with van der Waals surface area (Å²) in [5.74, 6) is 0.205. The molecule has 0 aliphatic rings. The Balaban J connectivity index is 2.60. The zero-order chi connectivity index (χ0) is 14.5. The molecule has 0 aliphatic heterocycles. The number of anilines is 1. The van der Waals surface area contributed by atoms with Crippen molar-refractivity contribution in [2.45, 2.75) is 38.5 Å². The number of esters is 1. The predicted octanol–water partition coefficient (Wildman–Crippen LogP) is 2.39. The molecule has 0 amide bonds. The van der Waals surface area contributed by atoms with Crippen LogP contribution in [0.3, 0.4) is 0 Å². The summed E-state index contributed by atoms with van der Waals surface area (Å²) in [6.07, 6.45) is 0. The first-order valence-electron chi connectivity index (χ1n) is 5.80. The Bertz CT molecular complexity index is 451. The summed E-state index contributed by atoms with van der Waals surface area (Å²) in [7, 11) is 0. The predicted molar refractivity (Wildman–Crippen MR) is 75.6 cm³/mol. The molecular weight excluding hydrogens is 288 g/mol. The number of nitrogens with one attached hydrogen (secondary N) is 1. The molecule has 0 saturated carbocycles. The van der Waals surface area contributed by atoms with Gasteiger partial charge in [0.15, 0.2) is 5.16 Å². The van der Waals surface area contributed by atoms with Gasteiger partial charge in [0.05, 0.1) is 5.75 Å². The highest BCUT2D eigenvalue weighted by Gasteiger charge is 2.17. The molecule has 0 spiro atoms. The normalized spacial score (nSPS) is 11.2. The molecule has 8 heteroatoms. The molecule has 1 rings (SSSR count). The van der Waals surface area contributed by atoms with Crippen LogP contribution in [0.15, 0.2) is 5.16 Å². The van der Waals surface area contributed by atoms with E-state index < -0.39 is 5.60 Å². The van der Waals surface area contributed by atoms with Crippen molar-refractivity contribution in [3.63, 3.8) is 0 Å². The minimum Gasteiger partial charge on any atom is -0.459 e. The number of carbonyl (C=O) groups excluding carboxylic acids is 1. The van der Waals surface area contributed by atoms with E-state index in [0.717, 1.165) is 11.8 Å². The second kappa shape index (κ2) is 6.91. The van der Waals surface area contributed by atoms with Gasteiger partial charge in [0.1, 0.15) is 5.60 Å². The van der Waals surface area contributed by atoms with Crippen LogP contribution >= 0.6 is 23.4 Å². The molecule has 6 nitrogen and oxygen atoms in total. The maximum atomic E-state index is 11.6. The zero-order valence-corrected chi connectivity index (χ0v) is 12.9. The highest BCUT2D eigenvalue weighted by Crippen LogP contribution is 2.18. The molecule has 1 heterocycles. The Kier molecular flexibility index (Phi) is 5.81. The van der Waals surface area contributed by atoms with Crippen LogP contribution in [0.5, 0.6) is 0 Å². The maximum absolute atomic E-state index is 11.6. The lowest BCUT2D eigenvalue weighted by molar-refractivity contribution is -0.151. The Morgan fingerprint density at radius 3 is 2.63 bits per heavy atom. The molecule has 0 radical (unpaired) electrons. The molecule has 0 atom stereocenters. The minimum atomic E-state index is -0.497. The van der Waals surface area contributed by atoms with Crippen LogP contribution < -0.4 is 5.32 Å². The zero-order valence-electron chi connectivity index (χ0n) is 11.4. The van der Waals surface area contributed by atoms with Crippen molar-refractivity contribution < 1.29 is 9.53 Å². The third kappa shape index (κ3) is 6.58. The van der Waals surface area contributed by atoms with E-state index in [1.54, 1.807) is 0 Å². The van der Waals surface area contributed by atoms with Crippen LogP contribution in [-0.4, -0.2) is 38.8 Å². The number of carbonyl (C=O) groups is 1. The van der Waals surface area contributed by atoms with Crippen LogP contribution in [0.1, 0.15) is 27.7 Å². The molecule has 1 aromatic heterocycles. The van der Waals surface area contributed by atoms with Crippen LogP contribution in [0.4, 0.5) is 5.95 Å². The molecule has 0 fully saturated rings. The van der Waals surface area contributed by atoms with Gasteiger partial charge in [0.25, 0.3) is 0 Å². The summed E-state index contributed by atoms with van der Waals surface area (Å²) >= 11 is 6.94. The summed E-state index contributed by atoms with van der Waals surface area (Å²) in [6.45, 7) is 8.05. The molecule has 19 heavy (non-hydrogen) atoms. The van der Waals surface area contributed by atoms with Crippen molar-refractivity contribution in [3.05, 3.63) is 5.28 Å². The number of hydrogen-bond acceptors (Lipinski definition) is 7. The van der Waals surface area contributed by atoms with Gasteiger partial charge in [0.2, 0.25) is 11.2 Å². The fourth-order valence-electron chi connectivity index (χ4n) is 1.13. The first-order valence-corrected chi connectivity index (χ1v) is 7.16. The van der Waals surface area contributed by atoms with E-state index in [9.17, 15) is 4.79 Å². The number of rotatable bonds is 5. The van der Waals surface area contributed by atoms with Gasteiger partial charge >= 0.3 is 5.97 Å². The van der Waals surface area contributed by atoms with E-state index in [-0.39, 0.29) is 17.0 Å². The molecule has 0 saturated heterocycles. The van der Waals surface area contributed by atoms with Gasteiger partial charge in [0, 0.05) is 6.54 Å². The number of hydrogen-bond donors (Lipinski definition) is 1. The average molecular weight is 305 g/mol. The summed E-state index contributed by atoms with van der Waals surface area (Å²) in [5.41, 5.74) is -0.497. The summed E-state index contributed by atoms with van der Waals surface area (Å²) < 4.78 is 5.19. The average Bonchev–Trinajstić information content (AvgIpc) is 2.24. The van der Waals surface area contributed by atoms with Gasteiger partial charge in [-0.25, -0.2) is 0 Å². The fraction of sp³-hybridized carbons (Fsp3) is 0.636. The highest BCUT2D eigenvalue weighted by atomic mass is 35.5. The lowest BCUT2D eigenvalue weighted by atomic mass is 10.2. The minimum absolute atomic E-state index is 0.0950. The quantitative estimate of drug-likeness (QED) is 0.661. The Morgan fingerprint density at radius 1 is 1.37 bits per heavy atom. The van der Waals surface area contributed by atoms with Gasteiger partial charge in [-0.2, -0.15) is 15.0 Å². The fourth-order valence-corrected chi connectivity index (χ4v) is 1.95. The first kappa shape index (κ1) is 16.0. The van der Waals surface area contributed by atoms with Crippen LogP contribution in [0, 0.1) is 0 Å². The molecule has 0 unspecified atom stereocenters. The van der Waals surface area contributed by atoms with Crippen LogP contribution in [0.2, 0.25) is 5.28 Å². The number of thioether (sulfide) groups is 1. The number of nitrogens with zero attached hydrogens (tertiary/aromatic N) is 3. The third-order valence-electron chi connectivity index (χ3n) is 1.66. The number of halogens is 1. The molecule has 1 aromatic rings. The number of ether oxygens (including phenoxy) is 1.